The van der Waals surface area contributed by atoms with E-state index >= 15 is 0 Å². The number of benzene rings is 2. The molecule has 1 heterocycles. The van der Waals surface area contributed by atoms with Crippen LogP contribution in [0.4, 0.5) is 22.2 Å². The number of halogens is 3. The summed E-state index contributed by atoms with van der Waals surface area (Å²) in [5.74, 6) is 1.95. The van der Waals surface area contributed by atoms with Gasteiger partial charge in [-0.25, -0.2) is 9.78 Å². The first kappa shape index (κ1) is 24.6. The minimum Gasteiger partial charge on any atom is -0.362 e. The number of anilines is 3. The molecule has 1 aromatic heterocycles. The van der Waals surface area contributed by atoms with Crippen molar-refractivity contribution in [3.8, 4) is 0 Å². The van der Waals surface area contributed by atoms with Gasteiger partial charge in [0.1, 0.15) is 5.82 Å². The predicted octanol–water partition coefficient (Wildman–Crippen LogP) is 6.45. The summed E-state index contributed by atoms with van der Waals surface area (Å²) < 4.78 is 0. The Labute approximate surface area is 214 Å². The molecule has 0 spiro atoms. The van der Waals surface area contributed by atoms with E-state index in [1.165, 1.54) is 0 Å². The topological polar surface area (TPSA) is 82.2 Å². The van der Waals surface area contributed by atoms with E-state index in [9.17, 15) is 4.79 Å². The van der Waals surface area contributed by atoms with Crippen molar-refractivity contribution in [2.75, 3.05) is 36.2 Å². The van der Waals surface area contributed by atoms with Gasteiger partial charge in [-0.1, -0.05) is 46.9 Å². The quantitative estimate of drug-likeness (QED) is 0.347. The van der Waals surface area contributed by atoms with Crippen molar-refractivity contribution < 1.29 is 4.79 Å². The highest BCUT2D eigenvalue weighted by Crippen LogP contribution is 2.33. The van der Waals surface area contributed by atoms with Gasteiger partial charge in [0, 0.05) is 37.1 Å². The molecule has 1 fully saturated rings. The maximum atomic E-state index is 12.3. The highest BCUT2D eigenvalue weighted by Gasteiger charge is 2.23. The smallest absolute Gasteiger partial charge is 0.319 e. The largest absolute Gasteiger partial charge is 0.362 e. The maximum Gasteiger partial charge on any atom is 0.319 e. The van der Waals surface area contributed by atoms with Gasteiger partial charge < -0.3 is 20.9 Å². The third kappa shape index (κ3) is 5.95. The van der Waals surface area contributed by atoms with E-state index in [-0.39, 0.29) is 6.03 Å². The molecule has 34 heavy (non-hydrogen) atoms. The second kappa shape index (κ2) is 10.8. The van der Waals surface area contributed by atoms with E-state index in [0.717, 1.165) is 42.4 Å². The van der Waals surface area contributed by atoms with Gasteiger partial charge in [-0.2, -0.15) is 4.98 Å². The Morgan fingerprint density at radius 2 is 1.71 bits per heavy atom. The Balaban J connectivity index is 1.28. The molecule has 3 aromatic rings. The summed E-state index contributed by atoms with van der Waals surface area (Å²) in [6.07, 6.45) is 3.95. The molecule has 0 unspecified atom stereocenters. The number of aromatic nitrogens is 2. The van der Waals surface area contributed by atoms with Crippen molar-refractivity contribution >= 4 is 69.2 Å². The minimum atomic E-state index is -0.341. The number of carbonyl (C=O) groups excluding carboxylic acids is 1. The van der Waals surface area contributed by atoms with Gasteiger partial charge in [-0.05, 0) is 55.9 Å². The number of hydrogen-bond acceptors (Lipinski definition) is 5. The number of nitrogens with zero attached hydrogens (tertiary/aromatic N) is 3. The Hall–Kier alpha value is -2.48. The first-order valence-electron chi connectivity index (χ1n) is 11.2. The molecule has 0 radical (unpaired) electrons. The molecule has 0 bridgehead atoms. The van der Waals surface area contributed by atoms with E-state index in [0.29, 0.717) is 45.2 Å². The van der Waals surface area contributed by atoms with Gasteiger partial charge in [0.15, 0.2) is 0 Å². The molecule has 0 atom stereocenters. The fourth-order valence-electron chi connectivity index (χ4n) is 4.22. The van der Waals surface area contributed by atoms with Crippen LogP contribution in [0.3, 0.4) is 0 Å². The zero-order valence-electron chi connectivity index (χ0n) is 19.0. The fourth-order valence-corrected chi connectivity index (χ4v) is 5.13. The van der Waals surface area contributed by atoms with Crippen LogP contribution in [0.15, 0.2) is 36.4 Å². The van der Waals surface area contributed by atoms with Crippen molar-refractivity contribution in [1.29, 1.82) is 0 Å². The molecule has 1 aliphatic carbocycles. The van der Waals surface area contributed by atoms with Crippen molar-refractivity contribution in [2.24, 2.45) is 5.92 Å². The van der Waals surface area contributed by atoms with Crippen LogP contribution >= 0.6 is 34.8 Å². The molecule has 180 valence electrons. The minimum absolute atomic E-state index is 0.299. The van der Waals surface area contributed by atoms with Crippen LogP contribution in [0.25, 0.3) is 10.9 Å². The standard InChI is InChI=1S/C24H27Cl3N6O/c1-33(2)22-17-5-3-4-6-20(17)30-23(32-22)29-16-9-7-14(8-10-16)13-28-24(34)31-21-18(26)11-15(25)12-19(21)27/h3-6,11-12,14,16H,7-10,13H2,1-2H3,(H2,28,31,34)(H,29,30,32)/t14-,16+. The van der Waals surface area contributed by atoms with Crippen LogP contribution in [0.1, 0.15) is 25.7 Å². The Bertz CT molecular complexity index is 1160. The van der Waals surface area contributed by atoms with Crippen LogP contribution in [0.2, 0.25) is 15.1 Å². The molecular weight excluding hydrogens is 495 g/mol. The van der Waals surface area contributed by atoms with E-state index in [1.807, 2.05) is 43.3 Å². The van der Waals surface area contributed by atoms with Gasteiger partial charge >= 0.3 is 6.03 Å². The Morgan fingerprint density at radius 1 is 1.03 bits per heavy atom. The van der Waals surface area contributed by atoms with Gasteiger partial charge in [0.25, 0.3) is 0 Å². The normalized spacial score (nSPS) is 17.9. The molecular formula is C24H27Cl3N6O. The zero-order valence-corrected chi connectivity index (χ0v) is 21.3. The molecule has 10 heteroatoms. The second-order valence-corrected chi connectivity index (χ2v) is 9.97. The number of para-hydroxylation sites is 1. The van der Waals surface area contributed by atoms with Crippen LogP contribution in [-0.4, -0.2) is 42.7 Å². The van der Waals surface area contributed by atoms with Crippen molar-refractivity contribution in [3.05, 3.63) is 51.5 Å². The van der Waals surface area contributed by atoms with Crippen LogP contribution in [-0.2, 0) is 0 Å². The van der Waals surface area contributed by atoms with Gasteiger partial charge in [0.2, 0.25) is 5.95 Å². The van der Waals surface area contributed by atoms with Gasteiger partial charge in [0.05, 0.1) is 21.2 Å². The summed E-state index contributed by atoms with van der Waals surface area (Å²) in [5.41, 5.74) is 1.28. The summed E-state index contributed by atoms with van der Waals surface area (Å²) in [7, 11) is 3.98. The molecule has 2 amide bonds. The van der Waals surface area contributed by atoms with Crippen LogP contribution < -0.4 is 20.9 Å². The third-order valence-corrected chi connectivity index (χ3v) is 6.80. The molecule has 7 nitrogen and oxygen atoms in total. The summed E-state index contributed by atoms with van der Waals surface area (Å²) in [6, 6.07) is 11.1. The Kier molecular flexibility index (Phi) is 7.86. The van der Waals surface area contributed by atoms with Gasteiger partial charge in [-0.15, -0.1) is 0 Å². The summed E-state index contributed by atoms with van der Waals surface area (Å²) in [6.45, 7) is 0.582. The lowest BCUT2D eigenvalue weighted by Gasteiger charge is -2.29. The number of rotatable bonds is 6. The number of fused-ring (bicyclic) bond motifs is 1. The highest BCUT2D eigenvalue weighted by molar-refractivity contribution is 6.42. The monoisotopic (exact) mass is 520 g/mol. The molecule has 0 saturated heterocycles. The lowest BCUT2D eigenvalue weighted by atomic mass is 9.86. The number of nitrogens with one attached hydrogen (secondary N) is 3. The zero-order chi connectivity index (χ0) is 24.2. The number of carbonyl (C=O) groups is 1. The predicted molar refractivity (Wildman–Crippen MR) is 142 cm³/mol. The average molecular weight is 522 g/mol. The number of amides is 2. The van der Waals surface area contributed by atoms with E-state index in [1.54, 1.807) is 12.1 Å². The molecule has 1 aliphatic rings. The van der Waals surface area contributed by atoms with Crippen LogP contribution in [0, 0.1) is 5.92 Å². The first-order chi connectivity index (χ1) is 16.3. The maximum absolute atomic E-state index is 12.3. The van der Waals surface area contributed by atoms with E-state index in [4.69, 9.17) is 44.8 Å². The molecule has 1 saturated carbocycles. The highest BCUT2D eigenvalue weighted by atomic mass is 35.5. The summed E-state index contributed by atoms with van der Waals surface area (Å²) in [5, 5.41) is 11.2. The number of hydrogen-bond donors (Lipinski definition) is 3. The molecule has 2 aromatic carbocycles. The number of urea groups is 1. The van der Waals surface area contributed by atoms with Crippen molar-refractivity contribution in [1.82, 2.24) is 15.3 Å². The average Bonchev–Trinajstić information content (AvgIpc) is 2.80. The fraction of sp³-hybridized carbons (Fsp3) is 0.375. The third-order valence-electron chi connectivity index (χ3n) is 5.98. The molecule has 3 N–H and O–H groups in total. The summed E-state index contributed by atoms with van der Waals surface area (Å²) in [4.78, 5) is 23.8. The first-order valence-corrected chi connectivity index (χ1v) is 12.3. The van der Waals surface area contributed by atoms with Gasteiger partial charge in [-0.3, -0.25) is 0 Å². The lowest BCUT2D eigenvalue weighted by Crippen LogP contribution is -2.36. The van der Waals surface area contributed by atoms with Crippen LogP contribution in [0.5, 0.6) is 0 Å². The SMILES string of the molecule is CN(C)c1nc(N[C@H]2CC[C@@H](CNC(=O)Nc3c(Cl)cc(Cl)cc3Cl)CC2)nc2ccccc12. The molecule has 4 rings (SSSR count). The Morgan fingerprint density at radius 3 is 2.38 bits per heavy atom. The van der Waals surface area contributed by atoms with Crippen molar-refractivity contribution in [3.63, 3.8) is 0 Å². The second-order valence-electron chi connectivity index (χ2n) is 8.72. The van der Waals surface area contributed by atoms with E-state index < -0.39 is 0 Å². The molecule has 0 aliphatic heterocycles. The van der Waals surface area contributed by atoms with Crippen molar-refractivity contribution in [2.45, 2.75) is 31.7 Å². The lowest BCUT2D eigenvalue weighted by molar-refractivity contribution is 0.246. The van der Waals surface area contributed by atoms with E-state index in [2.05, 4.69) is 16.0 Å². The summed E-state index contributed by atoms with van der Waals surface area (Å²) >= 11 is 18.2.